The Labute approximate surface area is 287 Å². The lowest BCUT2D eigenvalue weighted by Crippen LogP contribution is -2.30. The number of carbonyl (C=O) groups is 4. The number of nitrogens with two attached hydrogens (primary N) is 2. The molecule has 19 heteroatoms. The highest BCUT2D eigenvalue weighted by Gasteiger charge is 2.04. The zero-order valence-corrected chi connectivity index (χ0v) is 28.8. The summed E-state index contributed by atoms with van der Waals surface area (Å²) in [6.45, 7) is 7.66. The Morgan fingerprint density at radius 3 is 1.04 bits per heavy atom. The largest absolute Gasteiger partial charge is 0.377 e. The van der Waals surface area contributed by atoms with Gasteiger partial charge in [-0.3, -0.25) is 19.2 Å². The van der Waals surface area contributed by atoms with Crippen molar-refractivity contribution in [3.05, 3.63) is 0 Å². The molecule has 6 N–H and O–H groups in total. The summed E-state index contributed by atoms with van der Waals surface area (Å²) in [7, 11) is 0. The first-order valence-corrected chi connectivity index (χ1v) is 17.0. The molecule has 0 saturated carbocycles. The molecule has 4 amide bonds. The summed E-state index contributed by atoms with van der Waals surface area (Å²) in [6.07, 6.45) is 0.312. The number of thioether (sulfide) groups is 1. The molecule has 18 nitrogen and oxygen atoms in total. The van der Waals surface area contributed by atoms with E-state index in [0.717, 1.165) is 0 Å². The summed E-state index contributed by atoms with van der Waals surface area (Å²) in [4.78, 5) is 44.8. The standard InChI is InChI=1S/C29H56N4O14S/c30-26(34)23-46-20-18-44-16-14-42-12-10-40-8-6-38-4-2-32-28(36)1-22-48-25-29(37)33-3-5-39-7-9-41-11-13-43-15-17-45-19-21-47-24-27(31)35/h1-25H2,(H2,30,34)(H2,31,35)(H,32,36)(H,33,37). The zero-order valence-electron chi connectivity index (χ0n) is 28.0. The summed E-state index contributed by atoms with van der Waals surface area (Å²) in [5.41, 5.74) is 9.89. The van der Waals surface area contributed by atoms with Gasteiger partial charge in [-0.25, -0.2) is 0 Å². The van der Waals surface area contributed by atoms with Crippen LogP contribution in [0.5, 0.6) is 0 Å². The number of nitrogens with one attached hydrogen (secondary N) is 2. The molecule has 0 aromatic rings. The van der Waals surface area contributed by atoms with Gasteiger partial charge in [-0.1, -0.05) is 0 Å². The fraction of sp³-hybridized carbons (Fsp3) is 0.862. The maximum Gasteiger partial charge on any atom is 0.243 e. The number of amides is 4. The molecule has 0 aromatic heterocycles. The van der Waals surface area contributed by atoms with E-state index < -0.39 is 11.8 Å². The first-order chi connectivity index (χ1) is 23.4. The summed E-state index contributed by atoms with van der Waals surface area (Å²) < 4.78 is 52.8. The van der Waals surface area contributed by atoms with Crippen LogP contribution in [0.1, 0.15) is 6.42 Å². The second-order valence-electron chi connectivity index (χ2n) is 9.44. The molecule has 0 unspecified atom stereocenters. The van der Waals surface area contributed by atoms with Crippen LogP contribution in [0.2, 0.25) is 0 Å². The van der Waals surface area contributed by atoms with Gasteiger partial charge in [-0.15, -0.1) is 0 Å². The van der Waals surface area contributed by atoms with Gasteiger partial charge in [0.25, 0.3) is 0 Å². The van der Waals surface area contributed by atoms with Crippen molar-refractivity contribution < 1.29 is 66.5 Å². The molecular formula is C29H56N4O14S. The van der Waals surface area contributed by atoms with Crippen LogP contribution in [0.15, 0.2) is 0 Å². The lowest BCUT2D eigenvalue weighted by atomic mass is 10.4. The Kier molecular flexibility index (Phi) is 35.9. The molecule has 0 aliphatic heterocycles. The molecule has 0 atom stereocenters. The first-order valence-electron chi connectivity index (χ1n) is 15.9. The van der Waals surface area contributed by atoms with Crippen molar-refractivity contribution in [2.24, 2.45) is 11.5 Å². The normalized spacial score (nSPS) is 11.1. The van der Waals surface area contributed by atoms with E-state index in [4.69, 9.17) is 58.8 Å². The maximum absolute atomic E-state index is 11.9. The summed E-state index contributed by atoms with van der Waals surface area (Å²) in [5.74, 6) is -0.440. The lowest BCUT2D eigenvalue weighted by Gasteiger charge is -2.09. The molecule has 0 aromatic carbocycles. The molecule has 282 valence electrons. The number of ether oxygens (including phenoxy) is 10. The van der Waals surface area contributed by atoms with E-state index >= 15 is 0 Å². The van der Waals surface area contributed by atoms with Gasteiger partial charge in [-0.05, 0) is 0 Å². The SMILES string of the molecule is NC(=O)COCCOCCOCCOCCOCCNC(=O)CCSCC(=O)NCCOCCOCCOCCOCCOCC(N)=O. The fourth-order valence-corrected chi connectivity index (χ4v) is 3.86. The van der Waals surface area contributed by atoms with Gasteiger partial charge < -0.3 is 69.5 Å². The average Bonchev–Trinajstić information content (AvgIpc) is 3.05. The molecule has 0 aliphatic carbocycles. The van der Waals surface area contributed by atoms with Crippen LogP contribution in [0.25, 0.3) is 0 Å². The third-order valence-corrected chi connectivity index (χ3v) is 6.27. The van der Waals surface area contributed by atoms with Crippen LogP contribution < -0.4 is 22.1 Å². The van der Waals surface area contributed by atoms with Crippen LogP contribution >= 0.6 is 11.8 Å². The predicted octanol–water partition coefficient (Wildman–Crippen LogP) is -2.52. The van der Waals surface area contributed by atoms with Gasteiger partial charge in [-0.2, -0.15) is 11.8 Å². The second-order valence-corrected chi connectivity index (χ2v) is 10.5. The number of rotatable bonds is 39. The van der Waals surface area contributed by atoms with Gasteiger partial charge in [0, 0.05) is 25.3 Å². The monoisotopic (exact) mass is 716 g/mol. The van der Waals surface area contributed by atoms with Crippen molar-refractivity contribution in [3.63, 3.8) is 0 Å². The molecule has 0 radical (unpaired) electrons. The van der Waals surface area contributed by atoms with E-state index in [2.05, 4.69) is 10.6 Å². The predicted molar refractivity (Wildman–Crippen MR) is 175 cm³/mol. The van der Waals surface area contributed by atoms with Crippen molar-refractivity contribution >= 4 is 35.4 Å². The Bertz CT molecular complexity index is 726. The third kappa shape index (κ3) is 40.0. The molecule has 0 saturated heterocycles. The van der Waals surface area contributed by atoms with Crippen LogP contribution in [-0.4, -0.2) is 180 Å². The van der Waals surface area contributed by atoms with Crippen LogP contribution in [0.3, 0.4) is 0 Å². The van der Waals surface area contributed by atoms with Crippen molar-refractivity contribution in [3.8, 4) is 0 Å². The smallest absolute Gasteiger partial charge is 0.243 e. The summed E-state index contributed by atoms with van der Waals surface area (Å²) >= 11 is 1.39. The highest BCUT2D eigenvalue weighted by Crippen LogP contribution is 2.01. The Balaban J connectivity index is 3.26. The molecule has 48 heavy (non-hydrogen) atoms. The number of hydrogen-bond donors (Lipinski definition) is 4. The number of hydrogen-bond acceptors (Lipinski definition) is 15. The Hall–Kier alpha value is -2.17. The van der Waals surface area contributed by atoms with E-state index in [1.807, 2.05) is 0 Å². The molecular weight excluding hydrogens is 660 g/mol. The zero-order chi connectivity index (χ0) is 35.2. The quantitative estimate of drug-likeness (QED) is 0.0481. The van der Waals surface area contributed by atoms with Gasteiger partial charge in [0.1, 0.15) is 13.2 Å². The maximum atomic E-state index is 11.9. The van der Waals surface area contributed by atoms with Gasteiger partial charge in [0.05, 0.1) is 125 Å². The van der Waals surface area contributed by atoms with Crippen LogP contribution in [0.4, 0.5) is 0 Å². The van der Waals surface area contributed by atoms with Gasteiger partial charge >= 0.3 is 0 Å². The average molecular weight is 717 g/mol. The van der Waals surface area contributed by atoms with Gasteiger partial charge in [0.2, 0.25) is 23.6 Å². The van der Waals surface area contributed by atoms with Crippen LogP contribution in [0, 0.1) is 0 Å². The van der Waals surface area contributed by atoms with E-state index in [1.165, 1.54) is 11.8 Å². The second kappa shape index (κ2) is 37.6. The lowest BCUT2D eigenvalue weighted by molar-refractivity contribution is -0.123. The van der Waals surface area contributed by atoms with Crippen molar-refractivity contribution in [1.82, 2.24) is 10.6 Å². The minimum atomic E-state index is -0.513. The molecule has 0 fully saturated rings. The molecule has 0 spiro atoms. The summed E-state index contributed by atoms with van der Waals surface area (Å²) in [6, 6.07) is 0. The number of primary amides is 2. The first kappa shape index (κ1) is 45.8. The molecule has 0 rings (SSSR count). The van der Waals surface area contributed by atoms with E-state index in [9.17, 15) is 19.2 Å². The molecule has 0 heterocycles. The van der Waals surface area contributed by atoms with Gasteiger partial charge in [0.15, 0.2) is 0 Å². The van der Waals surface area contributed by atoms with E-state index in [1.54, 1.807) is 0 Å². The Morgan fingerprint density at radius 2 is 0.708 bits per heavy atom. The van der Waals surface area contributed by atoms with Crippen molar-refractivity contribution in [1.29, 1.82) is 0 Å². The van der Waals surface area contributed by atoms with Crippen molar-refractivity contribution in [2.75, 3.05) is 157 Å². The fourth-order valence-electron chi connectivity index (χ4n) is 3.10. The van der Waals surface area contributed by atoms with Crippen molar-refractivity contribution in [2.45, 2.75) is 6.42 Å². The highest BCUT2D eigenvalue weighted by atomic mass is 32.2. The number of carbonyl (C=O) groups excluding carboxylic acids is 4. The van der Waals surface area contributed by atoms with E-state index in [-0.39, 0.29) is 30.8 Å². The minimum absolute atomic E-state index is 0.0982. The van der Waals surface area contributed by atoms with Crippen LogP contribution in [-0.2, 0) is 66.5 Å². The third-order valence-electron chi connectivity index (χ3n) is 5.31. The van der Waals surface area contributed by atoms with E-state index in [0.29, 0.717) is 144 Å². The molecule has 0 bridgehead atoms. The summed E-state index contributed by atoms with van der Waals surface area (Å²) in [5, 5.41) is 5.55. The minimum Gasteiger partial charge on any atom is -0.377 e. The Morgan fingerprint density at radius 1 is 0.417 bits per heavy atom. The molecule has 0 aliphatic rings. The highest BCUT2D eigenvalue weighted by molar-refractivity contribution is 7.99. The topological polar surface area (TPSA) is 237 Å².